The average Bonchev–Trinajstić information content (AvgIpc) is 3.43. The standard InChI is InChI=1S/C27H28Cl2N4O5S/c28-17-4-7-22(19(29)12-17)38-15-23(35)31-18-5-2-16(3-6-18)21(34)14-32-10-1-9-27(32)13-24-33(26(27)37)20(25(30)36)8-11-39-24/h2-7,12,20,24H,1,8-11,13-15H2,(H2,30,36)(H,31,35)/t20?,24?,27-/m1/s1. The first-order valence-electron chi connectivity index (χ1n) is 12.7. The van der Waals surface area contributed by atoms with Crippen molar-refractivity contribution in [1.82, 2.24) is 9.80 Å². The van der Waals surface area contributed by atoms with E-state index < -0.39 is 17.5 Å². The van der Waals surface area contributed by atoms with Gasteiger partial charge in [0.2, 0.25) is 11.8 Å². The van der Waals surface area contributed by atoms with E-state index in [0.29, 0.717) is 52.9 Å². The molecule has 0 aliphatic carbocycles. The van der Waals surface area contributed by atoms with Crippen LogP contribution in [0.1, 0.15) is 36.0 Å². The second kappa shape index (κ2) is 11.4. The summed E-state index contributed by atoms with van der Waals surface area (Å²) in [6.45, 7) is 0.481. The number of primary amides is 1. The number of Topliss-reactive ketones (excluding diaryl/α,β-unsaturated/α-hetero) is 1. The van der Waals surface area contributed by atoms with E-state index in [9.17, 15) is 19.2 Å². The third kappa shape index (κ3) is 5.61. The Labute approximate surface area is 240 Å². The van der Waals surface area contributed by atoms with Gasteiger partial charge in [-0.15, -0.1) is 11.8 Å². The molecule has 5 rings (SSSR count). The fourth-order valence-electron chi connectivity index (χ4n) is 5.64. The third-order valence-electron chi connectivity index (χ3n) is 7.52. The van der Waals surface area contributed by atoms with Crippen molar-refractivity contribution in [3.63, 3.8) is 0 Å². The third-order valence-corrected chi connectivity index (χ3v) is 9.30. The number of nitrogens with two attached hydrogens (primary N) is 1. The van der Waals surface area contributed by atoms with Crippen molar-refractivity contribution in [2.45, 2.75) is 42.6 Å². The molecule has 9 nitrogen and oxygen atoms in total. The summed E-state index contributed by atoms with van der Waals surface area (Å²) in [7, 11) is 0. The summed E-state index contributed by atoms with van der Waals surface area (Å²) < 4.78 is 5.45. The lowest BCUT2D eigenvalue weighted by Gasteiger charge is -2.36. The number of rotatable bonds is 8. The Kier molecular flexibility index (Phi) is 8.09. The zero-order chi connectivity index (χ0) is 27.7. The zero-order valence-corrected chi connectivity index (χ0v) is 23.4. The average molecular weight is 592 g/mol. The van der Waals surface area contributed by atoms with E-state index in [1.807, 2.05) is 4.90 Å². The normalized spacial score (nSPS) is 24.6. The number of amides is 3. The highest BCUT2D eigenvalue weighted by atomic mass is 35.5. The van der Waals surface area contributed by atoms with Crippen LogP contribution < -0.4 is 15.8 Å². The first-order valence-corrected chi connectivity index (χ1v) is 14.5. The number of carbonyl (C=O) groups is 4. The summed E-state index contributed by atoms with van der Waals surface area (Å²) in [5, 5.41) is 3.40. The summed E-state index contributed by atoms with van der Waals surface area (Å²) in [4.78, 5) is 54.8. The molecule has 39 heavy (non-hydrogen) atoms. The van der Waals surface area contributed by atoms with Gasteiger partial charge in [-0.2, -0.15) is 0 Å². The summed E-state index contributed by atoms with van der Waals surface area (Å²) in [6.07, 6.45) is 2.61. The number of halogens is 2. The fraction of sp³-hybridized carbons (Fsp3) is 0.407. The van der Waals surface area contributed by atoms with Crippen LogP contribution in [0.5, 0.6) is 5.75 Å². The van der Waals surface area contributed by atoms with Gasteiger partial charge in [0.1, 0.15) is 17.3 Å². The van der Waals surface area contributed by atoms with Crippen LogP contribution in [-0.2, 0) is 14.4 Å². The van der Waals surface area contributed by atoms with Crippen LogP contribution in [0.15, 0.2) is 42.5 Å². The number of anilines is 1. The van der Waals surface area contributed by atoms with Gasteiger partial charge in [-0.1, -0.05) is 23.2 Å². The molecule has 2 aromatic carbocycles. The molecule has 3 aliphatic heterocycles. The molecule has 3 aliphatic rings. The summed E-state index contributed by atoms with van der Waals surface area (Å²) in [5.74, 6) is 0.0558. The van der Waals surface area contributed by atoms with Crippen LogP contribution >= 0.6 is 35.0 Å². The SMILES string of the molecule is NC(=O)C1CCSC2C[C@]3(CCCN3CC(=O)c3ccc(NC(=O)COc4ccc(Cl)cc4Cl)cc3)C(=O)N21. The summed E-state index contributed by atoms with van der Waals surface area (Å²) in [6, 6.07) is 10.7. The van der Waals surface area contributed by atoms with Gasteiger partial charge in [0.25, 0.3) is 5.91 Å². The maximum absolute atomic E-state index is 13.6. The maximum atomic E-state index is 13.6. The number of fused-ring (bicyclic) bond motifs is 1. The highest BCUT2D eigenvalue weighted by Gasteiger charge is 2.60. The molecule has 2 unspecified atom stereocenters. The van der Waals surface area contributed by atoms with E-state index in [4.69, 9.17) is 33.7 Å². The van der Waals surface area contributed by atoms with Crippen LogP contribution in [-0.4, -0.2) is 75.7 Å². The van der Waals surface area contributed by atoms with Crippen molar-refractivity contribution >= 4 is 64.2 Å². The molecule has 0 aromatic heterocycles. The van der Waals surface area contributed by atoms with Crippen LogP contribution in [0.25, 0.3) is 0 Å². The highest BCUT2D eigenvalue weighted by Crippen LogP contribution is 2.47. The number of hydrogen-bond acceptors (Lipinski definition) is 7. The molecule has 3 amide bonds. The van der Waals surface area contributed by atoms with Gasteiger partial charge in [-0.3, -0.25) is 24.1 Å². The molecule has 3 N–H and O–H groups in total. The van der Waals surface area contributed by atoms with E-state index in [0.717, 1.165) is 12.2 Å². The van der Waals surface area contributed by atoms with Crippen LogP contribution in [0, 0.1) is 0 Å². The topological polar surface area (TPSA) is 122 Å². The minimum absolute atomic E-state index is 0.0889. The predicted molar refractivity (Wildman–Crippen MR) is 150 cm³/mol. The number of hydrogen-bond donors (Lipinski definition) is 2. The number of carbonyl (C=O) groups excluding carboxylic acids is 4. The number of benzene rings is 2. The van der Waals surface area contributed by atoms with E-state index in [2.05, 4.69) is 5.32 Å². The largest absolute Gasteiger partial charge is 0.482 e. The molecule has 2 aromatic rings. The number of nitrogens with one attached hydrogen (secondary N) is 1. The van der Waals surface area contributed by atoms with E-state index in [1.54, 1.807) is 53.1 Å². The van der Waals surface area contributed by atoms with Crippen LogP contribution in [0.2, 0.25) is 10.0 Å². The van der Waals surface area contributed by atoms with Gasteiger partial charge in [0.05, 0.1) is 16.9 Å². The smallest absolute Gasteiger partial charge is 0.262 e. The molecule has 0 saturated carbocycles. The maximum Gasteiger partial charge on any atom is 0.262 e. The molecule has 12 heteroatoms. The number of nitrogens with zero attached hydrogens (tertiary/aromatic N) is 2. The monoisotopic (exact) mass is 590 g/mol. The molecule has 3 atom stereocenters. The van der Waals surface area contributed by atoms with Crippen molar-refractivity contribution in [2.24, 2.45) is 5.73 Å². The molecule has 3 heterocycles. The molecule has 3 saturated heterocycles. The summed E-state index contributed by atoms with van der Waals surface area (Å²) in [5.41, 5.74) is 5.83. The minimum atomic E-state index is -0.772. The van der Waals surface area contributed by atoms with Crippen molar-refractivity contribution in [1.29, 1.82) is 0 Å². The minimum Gasteiger partial charge on any atom is -0.482 e. The number of ketones is 1. The molecular weight excluding hydrogens is 563 g/mol. The van der Waals surface area contributed by atoms with Gasteiger partial charge in [0, 0.05) is 22.7 Å². The van der Waals surface area contributed by atoms with Gasteiger partial charge >= 0.3 is 0 Å². The van der Waals surface area contributed by atoms with Gasteiger partial charge in [-0.05, 0) is 74.0 Å². The zero-order valence-electron chi connectivity index (χ0n) is 21.0. The van der Waals surface area contributed by atoms with Gasteiger partial charge < -0.3 is 20.7 Å². The van der Waals surface area contributed by atoms with E-state index >= 15 is 0 Å². The first-order chi connectivity index (χ1) is 18.7. The number of thioether (sulfide) groups is 1. The summed E-state index contributed by atoms with van der Waals surface area (Å²) >= 11 is 13.6. The van der Waals surface area contributed by atoms with Gasteiger partial charge in [0.15, 0.2) is 12.4 Å². The van der Waals surface area contributed by atoms with E-state index in [-0.39, 0.29) is 36.1 Å². The van der Waals surface area contributed by atoms with E-state index in [1.165, 1.54) is 6.07 Å². The second-order valence-corrected chi connectivity index (χ2v) is 12.0. The predicted octanol–water partition coefficient (Wildman–Crippen LogP) is 3.58. The molecular formula is C27H28Cl2N4O5S. The molecule has 0 bridgehead atoms. The van der Waals surface area contributed by atoms with Crippen LogP contribution in [0.4, 0.5) is 5.69 Å². The Morgan fingerprint density at radius 3 is 2.64 bits per heavy atom. The Balaban J connectivity index is 1.19. The second-order valence-electron chi connectivity index (χ2n) is 9.92. The Morgan fingerprint density at radius 2 is 1.92 bits per heavy atom. The lowest BCUT2D eigenvalue weighted by molar-refractivity contribution is -0.143. The molecule has 3 fully saturated rings. The lowest BCUT2D eigenvalue weighted by atomic mass is 9.93. The van der Waals surface area contributed by atoms with Crippen molar-refractivity contribution in [2.75, 3.05) is 30.8 Å². The molecule has 206 valence electrons. The Hall–Kier alpha value is -2.79. The van der Waals surface area contributed by atoms with Crippen LogP contribution in [0.3, 0.4) is 0 Å². The first kappa shape index (κ1) is 27.8. The van der Waals surface area contributed by atoms with Gasteiger partial charge in [-0.25, -0.2) is 0 Å². The quantitative estimate of drug-likeness (QED) is 0.450. The molecule has 0 radical (unpaired) electrons. The van der Waals surface area contributed by atoms with Crippen molar-refractivity contribution in [3.8, 4) is 5.75 Å². The van der Waals surface area contributed by atoms with Crippen molar-refractivity contribution < 1.29 is 23.9 Å². The highest BCUT2D eigenvalue weighted by molar-refractivity contribution is 7.99. The van der Waals surface area contributed by atoms with Crippen molar-refractivity contribution in [3.05, 3.63) is 58.1 Å². The number of likely N-dealkylation sites (tertiary alicyclic amines) is 1. The number of ether oxygens (including phenoxy) is 1. The molecule has 1 spiro atoms. The fourth-order valence-corrected chi connectivity index (χ4v) is 7.53. The Morgan fingerprint density at radius 1 is 1.15 bits per heavy atom. The lowest BCUT2D eigenvalue weighted by Crippen LogP contribution is -2.56. The Bertz CT molecular complexity index is 1310.